The molecule has 0 rings (SSSR count). The van der Waals surface area contributed by atoms with Crippen LogP contribution in [0.2, 0.25) is 0 Å². The molecular weight excluding hydrogens is 147 g/mol. The number of hydrogen-bond acceptors (Lipinski definition) is 1. The lowest BCUT2D eigenvalue weighted by molar-refractivity contribution is 0.740. The van der Waals surface area contributed by atoms with Crippen LogP contribution in [0.4, 0.5) is 4.70 Å². The Morgan fingerprint density at radius 2 is 0.900 bits per heavy atom. The molecule has 0 heterocycles. The highest BCUT2D eigenvalue weighted by molar-refractivity contribution is 8.01. The van der Waals surface area contributed by atoms with E-state index in [1.807, 2.05) is 11.8 Å². The van der Waals surface area contributed by atoms with Crippen molar-refractivity contribution in [1.82, 2.24) is 0 Å². The zero-order valence-electron chi connectivity index (χ0n) is 7.82. The Morgan fingerprint density at radius 3 is 0.900 bits per heavy atom. The molecule has 0 amide bonds. The van der Waals surface area contributed by atoms with E-state index in [-0.39, 0.29) is 4.70 Å². The topological polar surface area (TPSA) is 0 Å². The highest BCUT2D eigenvalue weighted by Gasteiger charge is 2.20. The van der Waals surface area contributed by atoms with Crippen LogP contribution >= 0.6 is 11.8 Å². The number of rotatable bonds is 0. The molecule has 0 aromatic carbocycles. The van der Waals surface area contributed by atoms with E-state index < -0.39 is 0 Å². The van der Waals surface area contributed by atoms with Gasteiger partial charge in [0, 0.05) is 9.49 Å². The molecule has 0 aliphatic rings. The Kier molecular flexibility index (Phi) is 4.66. The number of thioether (sulfide) groups is 1. The summed E-state index contributed by atoms with van der Waals surface area (Å²) in [6, 6.07) is 0. The molecule has 0 spiro atoms. The Labute approximate surface area is 68.1 Å². The van der Waals surface area contributed by atoms with Gasteiger partial charge in [0.15, 0.2) is 0 Å². The lowest BCUT2D eigenvalue weighted by Gasteiger charge is -2.28. The monoisotopic (exact) mass is 166 g/mol. The van der Waals surface area contributed by atoms with Gasteiger partial charge in [-0.25, -0.2) is 0 Å². The van der Waals surface area contributed by atoms with Gasteiger partial charge in [-0.1, -0.05) is 41.5 Å². The molecule has 0 saturated heterocycles. The number of hydrogen-bond donors (Lipinski definition) is 0. The van der Waals surface area contributed by atoms with Gasteiger partial charge in [-0.05, 0) is 0 Å². The first kappa shape index (κ1) is 12.9. The maximum atomic E-state index is 2.25. The van der Waals surface area contributed by atoms with Gasteiger partial charge in [0.05, 0.1) is 0 Å². The molecule has 0 aromatic rings. The van der Waals surface area contributed by atoms with Gasteiger partial charge in [0.25, 0.3) is 0 Å². The van der Waals surface area contributed by atoms with Crippen LogP contribution in [0.15, 0.2) is 0 Å². The summed E-state index contributed by atoms with van der Waals surface area (Å²) in [7, 11) is 0. The molecule has 0 aliphatic carbocycles. The van der Waals surface area contributed by atoms with Gasteiger partial charge in [-0.3, -0.25) is 4.70 Å². The Balaban J connectivity index is 0. The summed E-state index contributed by atoms with van der Waals surface area (Å²) >= 11 is 2.01. The zero-order valence-corrected chi connectivity index (χ0v) is 8.63. The summed E-state index contributed by atoms with van der Waals surface area (Å²) in [5, 5.41) is 0. The fourth-order valence-corrected chi connectivity index (χ4v) is 2.76. The second-order valence-corrected chi connectivity index (χ2v) is 6.98. The predicted octanol–water partition coefficient (Wildman–Crippen LogP) is 3.47. The van der Waals surface area contributed by atoms with Crippen LogP contribution in [0, 0.1) is 0 Å². The van der Waals surface area contributed by atoms with Crippen LogP contribution in [-0.2, 0) is 0 Å². The van der Waals surface area contributed by atoms with Gasteiger partial charge < -0.3 is 0 Å². The van der Waals surface area contributed by atoms with Crippen LogP contribution in [0.25, 0.3) is 0 Å². The first-order valence-corrected chi connectivity index (χ1v) is 4.22. The molecule has 10 heavy (non-hydrogen) atoms. The van der Waals surface area contributed by atoms with Crippen LogP contribution in [-0.4, -0.2) is 9.49 Å². The summed E-state index contributed by atoms with van der Waals surface area (Å²) in [5.41, 5.74) is 0. The largest absolute Gasteiger partial charge is 0.269 e. The lowest BCUT2D eigenvalue weighted by atomic mass is 10.2. The standard InChI is InChI=1S/C8H18S.FH/c1-7(2,3)9-8(4,5)6;/h1-6H3;1H. The van der Waals surface area contributed by atoms with E-state index in [9.17, 15) is 0 Å². The van der Waals surface area contributed by atoms with E-state index in [2.05, 4.69) is 41.5 Å². The van der Waals surface area contributed by atoms with Crippen molar-refractivity contribution in [2.75, 3.05) is 0 Å². The van der Waals surface area contributed by atoms with E-state index in [1.54, 1.807) is 0 Å². The average Bonchev–Trinajstić information content (AvgIpc) is 1.14. The first-order chi connectivity index (χ1) is 3.71. The van der Waals surface area contributed by atoms with Crippen molar-refractivity contribution in [2.45, 2.75) is 51.0 Å². The molecule has 0 bridgehead atoms. The first-order valence-electron chi connectivity index (χ1n) is 3.41. The summed E-state index contributed by atoms with van der Waals surface area (Å²) < 4.78 is 0.802. The second kappa shape index (κ2) is 3.61. The highest BCUT2D eigenvalue weighted by atomic mass is 32.2. The Hall–Kier alpha value is 0.280. The minimum Gasteiger partial charge on any atom is -0.269 e. The maximum absolute atomic E-state index is 2.25. The van der Waals surface area contributed by atoms with Crippen molar-refractivity contribution < 1.29 is 4.70 Å². The zero-order chi connectivity index (χ0) is 7.71. The van der Waals surface area contributed by atoms with E-state index >= 15 is 0 Å². The Morgan fingerprint density at radius 1 is 0.700 bits per heavy atom. The molecule has 2 heteroatoms. The van der Waals surface area contributed by atoms with Gasteiger partial charge >= 0.3 is 0 Å². The fraction of sp³-hybridized carbons (Fsp3) is 1.00. The van der Waals surface area contributed by atoms with Crippen molar-refractivity contribution in [2.24, 2.45) is 0 Å². The molecule has 0 saturated carbocycles. The molecule has 0 aliphatic heterocycles. The van der Waals surface area contributed by atoms with Crippen molar-refractivity contribution in [1.29, 1.82) is 0 Å². The molecule has 0 nitrogen and oxygen atoms in total. The summed E-state index contributed by atoms with van der Waals surface area (Å²) in [6.07, 6.45) is 0. The van der Waals surface area contributed by atoms with E-state index in [4.69, 9.17) is 0 Å². The summed E-state index contributed by atoms with van der Waals surface area (Å²) in [4.78, 5) is 0. The smallest absolute Gasteiger partial charge is 0.00803 e. The van der Waals surface area contributed by atoms with Gasteiger partial charge in [-0.15, -0.1) is 0 Å². The van der Waals surface area contributed by atoms with E-state index in [0.29, 0.717) is 9.49 Å². The van der Waals surface area contributed by atoms with Gasteiger partial charge in [0.2, 0.25) is 0 Å². The number of halogens is 1. The SMILES string of the molecule is CC(C)(C)SC(C)(C)C.F. The van der Waals surface area contributed by atoms with E-state index in [1.165, 1.54) is 0 Å². The minimum atomic E-state index is 0. The molecule has 0 unspecified atom stereocenters. The molecule has 0 radical (unpaired) electrons. The van der Waals surface area contributed by atoms with Crippen molar-refractivity contribution >= 4 is 11.8 Å². The van der Waals surface area contributed by atoms with Gasteiger partial charge in [0.1, 0.15) is 0 Å². The minimum absolute atomic E-state index is 0. The third-order valence-electron chi connectivity index (χ3n) is 0.612. The van der Waals surface area contributed by atoms with Crippen LogP contribution in [0.1, 0.15) is 41.5 Å². The van der Waals surface area contributed by atoms with Crippen molar-refractivity contribution in [3.63, 3.8) is 0 Å². The third kappa shape index (κ3) is 11.1. The van der Waals surface area contributed by atoms with Gasteiger partial charge in [-0.2, -0.15) is 11.8 Å². The molecule has 0 atom stereocenters. The van der Waals surface area contributed by atoms with Crippen LogP contribution < -0.4 is 0 Å². The van der Waals surface area contributed by atoms with Crippen LogP contribution in [0.3, 0.4) is 0 Å². The second-order valence-electron chi connectivity index (χ2n) is 4.33. The van der Waals surface area contributed by atoms with Crippen LogP contribution in [0.5, 0.6) is 0 Å². The fourth-order valence-electron chi connectivity index (χ4n) is 0.919. The average molecular weight is 166 g/mol. The molecule has 0 aromatic heterocycles. The molecular formula is C8H19FS. The lowest BCUT2D eigenvalue weighted by Crippen LogP contribution is -2.19. The summed E-state index contributed by atoms with van der Waals surface area (Å²) in [5.74, 6) is 0. The molecule has 0 fully saturated rings. The normalized spacial score (nSPS) is 12.6. The summed E-state index contributed by atoms with van der Waals surface area (Å²) in [6.45, 7) is 13.5. The Bertz CT molecular complexity index is 74.4. The molecule has 0 N–H and O–H groups in total. The van der Waals surface area contributed by atoms with Crippen molar-refractivity contribution in [3.05, 3.63) is 0 Å². The van der Waals surface area contributed by atoms with Crippen molar-refractivity contribution in [3.8, 4) is 0 Å². The molecule has 64 valence electrons. The maximum Gasteiger partial charge on any atom is 0.00803 e. The van der Waals surface area contributed by atoms with E-state index in [0.717, 1.165) is 0 Å². The highest BCUT2D eigenvalue weighted by Crippen LogP contribution is 2.35. The quantitative estimate of drug-likeness (QED) is 0.531. The third-order valence-corrected chi connectivity index (χ3v) is 1.84. The predicted molar refractivity (Wildman–Crippen MR) is 49.6 cm³/mol.